The second-order valence-corrected chi connectivity index (χ2v) is 7.02. The molecule has 0 atom stereocenters. The molecule has 0 aliphatic carbocycles. The predicted octanol–water partition coefficient (Wildman–Crippen LogP) is 4.85. The van der Waals surface area contributed by atoms with Crippen molar-refractivity contribution in [3.05, 3.63) is 82.1 Å². The van der Waals surface area contributed by atoms with Gasteiger partial charge in [-0.15, -0.1) is 0 Å². The molecule has 5 nitrogen and oxygen atoms in total. The molecular weight excluding hydrogens is 376 g/mol. The molecule has 1 heterocycles. The summed E-state index contributed by atoms with van der Waals surface area (Å²) in [5.74, 6) is -0.978. The first-order chi connectivity index (χ1) is 13.3. The number of halogens is 1. The number of carbonyl (C=O) groups excluding carboxylic acids is 2. The largest absolute Gasteiger partial charge is 0.452 e. The van der Waals surface area contributed by atoms with Gasteiger partial charge in [0.25, 0.3) is 5.91 Å². The zero-order valence-corrected chi connectivity index (χ0v) is 16.7. The zero-order valence-electron chi connectivity index (χ0n) is 16.0. The van der Waals surface area contributed by atoms with Gasteiger partial charge in [-0.3, -0.25) is 4.79 Å². The number of aryl methyl sites for hydroxylation is 3. The fraction of sp³-hybridized carbons (Fsp3) is 0.182. The molecule has 2 aromatic carbocycles. The molecule has 0 radical (unpaired) electrons. The Hall–Kier alpha value is -3.05. The summed E-state index contributed by atoms with van der Waals surface area (Å²) < 4.78 is 7.22. The molecule has 1 N–H and O–H groups in total. The van der Waals surface area contributed by atoms with Crippen LogP contribution in [0.2, 0.25) is 5.02 Å². The van der Waals surface area contributed by atoms with Gasteiger partial charge in [-0.25, -0.2) is 4.79 Å². The normalized spacial score (nSPS) is 10.6. The highest BCUT2D eigenvalue weighted by Crippen LogP contribution is 2.20. The van der Waals surface area contributed by atoms with Gasteiger partial charge in [0.15, 0.2) is 6.61 Å². The van der Waals surface area contributed by atoms with Crippen molar-refractivity contribution in [3.63, 3.8) is 0 Å². The van der Waals surface area contributed by atoms with Crippen LogP contribution in [0.1, 0.15) is 27.3 Å². The van der Waals surface area contributed by atoms with Gasteiger partial charge in [0.05, 0.1) is 5.56 Å². The van der Waals surface area contributed by atoms with Gasteiger partial charge in [0.2, 0.25) is 0 Å². The third-order valence-electron chi connectivity index (χ3n) is 4.42. The quantitative estimate of drug-likeness (QED) is 0.627. The smallest absolute Gasteiger partial charge is 0.338 e. The number of hydrogen-bond acceptors (Lipinski definition) is 3. The van der Waals surface area contributed by atoms with Crippen LogP contribution in [-0.4, -0.2) is 23.1 Å². The van der Waals surface area contributed by atoms with E-state index in [1.54, 1.807) is 36.4 Å². The first-order valence-electron chi connectivity index (χ1n) is 8.83. The average molecular weight is 397 g/mol. The van der Waals surface area contributed by atoms with Gasteiger partial charge >= 0.3 is 5.97 Å². The molecule has 6 heteroatoms. The Morgan fingerprint density at radius 1 is 1.00 bits per heavy atom. The lowest BCUT2D eigenvalue weighted by atomic mass is 10.2. The number of nitrogens with zero attached hydrogens (tertiary/aromatic N) is 1. The van der Waals surface area contributed by atoms with Crippen molar-refractivity contribution in [1.29, 1.82) is 0 Å². The Balaban J connectivity index is 1.66. The summed E-state index contributed by atoms with van der Waals surface area (Å²) in [6.07, 6.45) is 0. The van der Waals surface area contributed by atoms with Crippen LogP contribution in [0.3, 0.4) is 0 Å². The molecule has 1 aromatic heterocycles. The van der Waals surface area contributed by atoms with Crippen LogP contribution < -0.4 is 5.32 Å². The van der Waals surface area contributed by atoms with Gasteiger partial charge < -0.3 is 14.6 Å². The molecule has 0 aliphatic rings. The molecule has 144 valence electrons. The van der Waals surface area contributed by atoms with Gasteiger partial charge in [-0.1, -0.05) is 23.7 Å². The number of carbonyl (C=O) groups is 2. The highest BCUT2D eigenvalue weighted by molar-refractivity contribution is 6.31. The van der Waals surface area contributed by atoms with E-state index in [1.807, 2.05) is 43.5 Å². The van der Waals surface area contributed by atoms with Crippen LogP contribution in [0.4, 0.5) is 5.69 Å². The highest BCUT2D eigenvalue weighted by Gasteiger charge is 2.13. The van der Waals surface area contributed by atoms with E-state index in [4.69, 9.17) is 16.3 Å². The maximum Gasteiger partial charge on any atom is 0.338 e. The van der Waals surface area contributed by atoms with Crippen LogP contribution in [0.25, 0.3) is 5.69 Å². The summed E-state index contributed by atoms with van der Waals surface area (Å²) in [6.45, 7) is 5.48. The lowest BCUT2D eigenvalue weighted by molar-refractivity contribution is -0.119. The number of esters is 1. The Morgan fingerprint density at radius 2 is 1.71 bits per heavy atom. The topological polar surface area (TPSA) is 60.3 Å². The summed E-state index contributed by atoms with van der Waals surface area (Å²) in [7, 11) is 0. The number of benzene rings is 2. The lowest BCUT2D eigenvalue weighted by Crippen LogP contribution is -2.21. The average Bonchev–Trinajstić information content (AvgIpc) is 3.01. The predicted molar refractivity (Wildman–Crippen MR) is 110 cm³/mol. The number of aromatic nitrogens is 1. The van der Waals surface area contributed by atoms with E-state index >= 15 is 0 Å². The molecule has 28 heavy (non-hydrogen) atoms. The second kappa shape index (κ2) is 8.31. The van der Waals surface area contributed by atoms with Crippen LogP contribution in [-0.2, 0) is 9.53 Å². The van der Waals surface area contributed by atoms with Crippen molar-refractivity contribution in [3.8, 4) is 5.69 Å². The molecule has 1 amide bonds. The molecule has 3 aromatic rings. The van der Waals surface area contributed by atoms with Crippen LogP contribution in [0, 0.1) is 20.8 Å². The van der Waals surface area contributed by atoms with Crippen LogP contribution in [0.5, 0.6) is 0 Å². The second-order valence-electron chi connectivity index (χ2n) is 6.59. The van der Waals surface area contributed by atoms with E-state index < -0.39 is 11.9 Å². The fourth-order valence-corrected chi connectivity index (χ4v) is 3.15. The fourth-order valence-electron chi connectivity index (χ4n) is 2.98. The lowest BCUT2D eigenvalue weighted by Gasteiger charge is -2.12. The summed E-state index contributed by atoms with van der Waals surface area (Å²) in [5, 5.41) is 3.22. The Morgan fingerprint density at radius 3 is 2.43 bits per heavy atom. The molecule has 0 fully saturated rings. The van der Waals surface area contributed by atoms with Gasteiger partial charge in [-0.2, -0.15) is 0 Å². The minimum Gasteiger partial charge on any atom is -0.452 e. The van der Waals surface area contributed by atoms with Crippen LogP contribution >= 0.6 is 11.6 Å². The Bertz CT molecular complexity index is 1020. The van der Waals surface area contributed by atoms with Gasteiger partial charge in [-0.05, 0) is 68.8 Å². The molecule has 0 bridgehead atoms. The van der Waals surface area contributed by atoms with E-state index in [2.05, 4.69) is 5.32 Å². The van der Waals surface area contributed by atoms with Crippen molar-refractivity contribution in [2.75, 3.05) is 11.9 Å². The monoisotopic (exact) mass is 396 g/mol. The third-order valence-corrected chi connectivity index (χ3v) is 4.65. The Labute approximate surface area is 168 Å². The van der Waals surface area contributed by atoms with Crippen LogP contribution in [0.15, 0.2) is 54.6 Å². The number of hydrogen-bond donors (Lipinski definition) is 1. The summed E-state index contributed by atoms with van der Waals surface area (Å²) in [6, 6.07) is 16.4. The van der Waals surface area contributed by atoms with E-state index in [-0.39, 0.29) is 6.61 Å². The molecule has 0 unspecified atom stereocenters. The molecule has 0 spiro atoms. The molecule has 0 saturated heterocycles. The molecule has 3 rings (SSSR count). The SMILES string of the molecule is Cc1ccc(Cl)cc1NC(=O)COC(=O)c1cccc(-n2c(C)ccc2C)c1. The Kier molecular flexibility index (Phi) is 5.85. The van der Waals surface area contributed by atoms with Crippen molar-refractivity contribution >= 4 is 29.2 Å². The standard InChI is InChI=1S/C22H21ClN2O3/c1-14-7-10-18(23)12-20(14)24-21(26)13-28-22(27)17-5-4-6-19(11-17)25-15(2)8-9-16(25)3/h4-12H,13H2,1-3H3,(H,24,26). The van der Waals surface area contributed by atoms with E-state index in [0.29, 0.717) is 16.3 Å². The van der Waals surface area contributed by atoms with Crippen molar-refractivity contribution < 1.29 is 14.3 Å². The number of rotatable bonds is 5. The summed E-state index contributed by atoms with van der Waals surface area (Å²) in [5.41, 5.74) is 4.85. The highest BCUT2D eigenvalue weighted by atomic mass is 35.5. The van der Waals surface area contributed by atoms with E-state index in [0.717, 1.165) is 22.6 Å². The van der Waals surface area contributed by atoms with Crippen molar-refractivity contribution in [2.45, 2.75) is 20.8 Å². The van der Waals surface area contributed by atoms with E-state index in [9.17, 15) is 9.59 Å². The minimum absolute atomic E-state index is 0.378. The number of anilines is 1. The maximum absolute atomic E-state index is 12.4. The number of nitrogens with one attached hydrogen (secondary N) is 1. The first kappa shape index (κ1) is 19.7. The summed E-state index contributed by atoms with van der Waals surface area (Å²) >= 11 is 5.95. The van der Waals surface area contributed by atoms with E-state index in [1.165, 1.54) is 0 Å². The molecule has 0 aliphatic heterocycles. The summed E-state index contributed by atoms with van der Waals surface area (Å²) in [4.78, 5) is 24.5. The van der Waals surface area contributed by atoms with Gasteiger partial charge in [0, 0.05) is 27.8 Å². The first-order valence-corrected chi connectivity index (χ1v) is 9.21. The third kappa shape index (κ3) is 4.43. The zero-order chi connectivity index (χ0) is 20.3. The maximum atomic E-state index is 12.4. The minimum atomic E-state index is -0.553. The van der Waals surface area contributed by atoms with Gasteiger partial charge in [0.1, 0.15) is 0 Å². The van der Waals surface area contributed by atoms with Crippen molar-refractivity contribution in [2.24, 2.45) is 0 Å². The molecule has 0 saturated carbocycles. The van der Waals surface area contributed by atoms with Crippen molar-refractivity contribution in [1.82, 2.24) is 4.57 Å². The molecular formula is C22H21ClN2O3. The number of amides is 1. The number of ether oxygens (including phenoxy) is 1.